The van der Waals surface area contributed by atoms with E-state index < -0.39 is 0 Å². The highest BCUT2D eigenvalue weighted by Gasteiger charge is 2.39. The number of rotatable bonds is 5. The monoisotopic (exact) mass is 745 g/mol. The number of fused-ring (bicyclic) bond motifs is 10. The molecule has 1 aromatic heterocycles. The van der Waals surface area contributed by atoms with Gasteiger partial charge in [-0.2, -0.15) is 0 Å². The van der Waals surface area contributed by atoms with Crippen LogP contribution in [0.15, 0.2) is 193 Å². The molecule has 1 aliphatic heterocycles. The lowest BCUT2D eigenvalue weighted by atomic mass is 9.81. The smallest absolute Gasteiger partial charge is 0.136 e. The summed E-state index contributed by atoms with van der Waals surface area (Å²) in [5, 5.41) is 4.62. The number of furan rings is 1. The summed E-state index contributed by atoms with van der Waals surface area (Å²) in [4.78, 5) is 2.49. The number of ether oxygens (including phenoxy) is 1. The summed E-state index contributed by atoms with van der Waals surface area (Å²) in [7, 11) is 0. The number of hydrogen-bond donors (Lipinski definition) is 0. The lowest BCUT2D eigenvalue weighted by Gasteiger charge is -2.33. The Hall–Kier alpha value is -7.10. The highest BCUT2D eigenvalue weighted by atomic mass is 16.5. The third-order valence-corrected chi connectivity index (χ3v) is 12.8. The fraction of sp³-hybridized carbons (Fsp3) is 0.0909. The maximum Gasteiger partial charge on any atom is 0.136 e. The summed E-state index contributed by atoms with van der Waals surface area (Å²) in [5.74, 6) is 1.23. The molecule has 276 valence electrons. The molecule has 0 radical (unpaired) electrons. The van der Waals surface area contributed by atoms with Gasteiger partial charge in [-0.15, -0.1) is 0 Å². The van der Waals surface area contributed by atoms with Crippen LogP contribution >= 0.6 is 0 Å². The zero-order valence-corrected chi connectivity index (χ0v) is 32.3. The molecule has 9 aromatic rings. The van der Waals surface area contributed by atoms with Gasteiger partial charge in [0.1, 0.15) is 23.0 Å². The van der Waals surface area contributed by atoms with Gasteiger partial charge < -0.3 is 14.1 Å². The van der Waals surface area contributed by atoms with Gasteiger partial charge >= 0.3 is 0 Å². The molecule has 0 bridgehead atoms. The van der Waals surface area contributed by atoms with E-state index in [1.165, 1.54) is 55.4 Å². The van der Waals surface area contributed by atoms with Gasteiger partial charge in [-0.1, -0.05) is 147 Å². The maximum atomic E-state index is 6.60. The predicted octanol–water partition coefficient (Wildman–Crippen LogP) is 14.7. The Morgan fingerprint density at radius 1 is 0.569 bits per heavy atom. The van der Waals surface area contributed by atoms with E-state index in [-0.39, 0.29) is 17.4 Å². The van der Waals surface area contributed by atoms with E-state index in [0.717, 1.165) is 50.2 Å². The van der Waals surface area contributed by atoms with Gasteiger partial charge in [0.15, 0.2) is 0 Å². The van der Waals surface area contributed by atoms with Crippen molar-refractivity contribution in [2.24, 2.45) is 0 Å². The first-order valence-corrected chi connectivity index (χ1v) is 20.2. The molecule has 0 spiro atoms. The second kappa shape index (κ2) is 12.4. The highest BCUT2D eigenvalue weighted by Crippen LogP contribution is 2.55. The van der Waals surface area contributed by atoms with Gasteiger partial charge in [0.2, 0.25) is 0 Å². The minimum atomic E-state index is -0.218. The second-order valence-corrected chi connectivity index (χ2v) is 16.4. The Morgan fingerprint density at radius 2 is 1.26 bits per heavy atom. The van der Waals surface area contributed by atoms with Crippen molar-refractivity contribution < 1.29 is 9.15 Å². The number of benzene rings is 8. The molecule has 2 heterocycles. The summed E-state index contributed by atoms with van der Waals surface area (Å²) >= 11 is 0. The first kappa shape index (κ1) is 33.1. The molecular formula is C55H39NO2. The van der Waals surface area contributed by atoms with E-state index in [1.54, 1.807) is 0 Å². The molecule has 2 aliphatic carbocycles. The van der Waals surface area contributed by atoms with E-state index in [4.69, 9.17) is 9.15 Å². The molecular weight excluding hydrogens is 707 g/mol. The van der Waals surface area contributed by atoms with Crippen LogP contribution in [0.3, 0.4) is 0 Å². The Morgan fingerprint density at radius 3 is 2.14 bits per heavy atom. The predicted molar refractivity (Wildman–Crippen MR) is 240 cm³/mol. The lowest BCUT2D eigenvalue weighted by molar-refractivity contribution is 0.269. The number of allylic oxidation sites excluding steroid dienone is 2. The minimum absolute atomic E-state index is 0.00378. The van der Waals surface area contributed by atoms with Crippen LogP contribution in [0.4, 0.5) is 17.1 Å². The van der Waals surface area contributed by atoms with Gasteiger partial charge in [0, 0.05) is 38.9 Å². The molecule has 12 rings (SSSR count). The molecule has 3 heteroatoms. The lowest BCUT2D eigenvalue weighted by Crippen LogP contribution is -2.21. The van der Waals surface area contributed by atoms with Gasteiger partial charge in [0.05, 0.1) is 11.4 Å². The van der Waals surface area contributed by atoms with E-state index in [2.05, 4.69) is 207 Å². The van der Waals surface area contributed by atoms with Gasteiger partial charge in [-0.25, -0.2) is 0 Å². The second-order valence-electron chi connectivity index (χ2n) is 16.4. The van der Waals surface area contributed by atoms with E-state index in [0.29, 0.717) is 0 Å². The summed E-state index contributed by atoms with van der Waals surface area (Å²) < 4.78 is 13.0. The van der Waals surface area contributed by atoms with Crippen LogP contribution < -0.4 is 9.64 Å². The van der Waals surface area contributed by atoms with Crippen LogP contribution in [0.25, 0.3) is 60.5 Å². The number of nitrogens with zero attached hydrogens (tertiary/aromatic N) is 1. The van der Waals surface area contributed by atoms with Crippen molar-refractivity contribution in [1.82, 2.24) is 0 Å². The van der Waals surface area contributed by atoms with Crippen LogP contribution in [0.5, 0.6) is 5.75 Å². The molecule has 2 unspecified atom stereocenters. The summed E-state index contributed by atoms with van der Waals surface area (Å²) in [6, 6.07) is 61.5. The van der Waals surface area contributed by atoms with Crippen molar-refractivity contribution in [3.8, 4) is 28.0 Å². The Labute approximate surface area is 337 Å². The van der Waals surface area contributed by atoms with Gasteiger partial charge in [-0.3, -0.25) is 0 Å². The summed E-state index contributed by atoms with van der Waals surface area (Å²) in [6.07, 6.45) is 6.85. The van der Waals surface area contributed by atoms with Crippen LogP contribution in [0, 0.1) is 0 Å². The zero-order chi connectivity index (χ0) is 38.5. The average molecular weight is 746 g/mol. The van der Waals surface area contributed by atoms with Crippen molar-refractivity contribution in [1.29, 1.82) is 0 Å². The number of para-hydroxylation sites is 2. The first-order valence-electron chi connectivity index (χ1n) is 20.2. The van der Waals surface area contributed by atoms with E-state index in [1.807, 2.05) is 0 Å². The van der Waals surface area contributed by atoms with E-state index >= 15 is 0 Å². The molecule has 58 heavy (non-hydrogen) atoms. The molecule has 3 aliphatic rings. The Kier molecular flexibility index (Phi) is 7.10. The van der Waals surface area contributed by atoms with Gasteiger partial charge in [0.25, 0.3) is 0 Å². The fourth-order valence-corrected chi connectivity index (χ4v) is 10.1. The van der Waals surface area contributed by atoms with E-state index in [9.17, 15) is 0 Å². The van der Waals surface area contributed by atoms with Crippen molar-refractivity contribution in [3.05, 3.63) is 210 Å². The molecule has 8 aromatic carbocycles. The third-order valence-electron chi connectivity index (χ3n) is 12.8. The Bertz CT molecular complexity index is 3200. The average Bonchev–Trinajstić information content (AvgIpc) is 3.90. The zero-order valence-electron chi connectivity index (χ0n) is 32.3. The summed E-state index contributed by atoms with van der Waals surface area (Å²) in [5.41, 5.74) is 16.1. The maximum absolute atomic E-state index is 6.60. The standard InChI is InChI=1S/C55H39NO2/c1-55(2)46-20-8-5-15-39(46)44-19-11-22-48(54(44)55)56(38-28-25-34(26-29-38)37-27-30-42-41-17-7-10-23-49(41)57-51(42)33-37)47-21-9-6-16-40(47)43-18-12-24-50-53(43)45-31-35-13-3-4-14-36(35)32-52(45)58-50/h3-33,42,51H,1-2H3. The Balaban J connectivity index is 1.04. The van der Waals surface area contributed by atoms with Gasteiger partial charge in [-0.05, 0) is 104 Å². The summed E-state index contributed by atoms with van der Waals surface area (Å²) in [6.45, 7) is 4.74. The van der Waals surface area contributed by atoms with Crippen molar-refractivity contribution in [2.45, 2.75) is 31.3 Å². The van der Waals surface area contributed by atoms with Crippen LogP contribution in [-0.2, 0) is 5.41 Å². The number of hydrogen-bond acceptors (Lipinski definition) is 3. The minimum Gasteiger partial charge on any atom is -0.485 e. The molecule has 0 saturated carbocycles. The fourth-order valence-electron chi connectivity index (χ4n) is 10.1. The normalized spacial score (nSPS) is 17.1. The molecule has 0 fully saturated rings. The SMILES string of the molecule is CC1(C)c2ccccc2-c2cccc(N(c3ccc(C4=CC5Oc6ccccc6C5C=C4)cc3)c3ccccc3-c3cccc4oc5cc6ccccc6cc5c34)c21. The van der Waals surface area contributed by atoms with Crippen LogP contribution in [0.2, 0.25) is 0 Å². The van der Waals surface area contributed by atoms with Crippen LogP contribution in [-0.4, -0.2) is 6.10 Å². The molecule has 0 amide bonds. The molecule has 0 saturated heterocycles. The third kappa shape index (κ3) is 4.86. The topological polar surface area (TPSA) is 25.6 Å². The number of anilines is 3. The molecule has 3 nitrogen and oxygen atoms in total. The van der Waals surface area contributed by atoms with Crippen molar-refractivity contribution in [3.63, 3.8) is 0 Å². The first-order chi connectivity index (χ1) is 28.5. The van der Waals surface area contributed by atoms with Crippen molar-refractivity contribution >= 4 is 55.3 Å². The highest BCUT2D eigenvalue weighted by molar-refractivity contribution is 6.16. The quantitative estimate of drug-likeness (QED) is 0.175. The largest absolute Gasteiger partial charge is 0.485 e. The molecule has 0 N–H and O–H groups in total. The van der Waals surface area contributed by atoms with Crippen molar-refractivity contribution in [2.75, 3.05) is 4.90 Å². The van der Waals surface area contributed by atoms with Crippen LogP contribution in [0.1, 0.15) is 42.0 Å². The molecule has 2 atom stereocenters.